The average molecular weight is 522 g/mol. The molecule has 2 rings (SSSR count). The Hall–Kier alpha value is 0.0200. The standard InChI is InChI=1S/C20H28N2S2.2BrH/c23-19-9-15-21(16-10-19)13-7-5-3-1-2-4-6-8-14-22-17-11-20(24)12-18-22;;/h9-12,15-18H,1-8,13-14H2;2*1H. The third kappa shape index (κ3) is 11.7. The second-order valence-electron chi connectivity index (χ2n) is 6.62. The van der Waals surface area contributed by atoms with Crippen LogP contribution in [-0.2, 0) is 0 Å². The van der Waals surface area contributed by atoms with Crippen molar-refractivity contribution in [3.05, 3.63) is 49.1 Å². The molecule has 2 N–H and O–H groups in total. The van der Waals surface area contributed by atoms with Crippen LogP contribution in [0.15, 0.2) is 49.1 Å². The zero-order valence-corrected chi connectivity index (χ0v) is 20.1. The van der Waals surface area contributed by atoms with Crippen molar-refractivity contribution in [2.24, 2.45) is 0 Å². The van der Waals surface area contributed by atoms with Gasteiger partial charge in [0.2, 0.25) is 0 Å². The third-order valence-electron chi connectivity index (χ3n) is 4.53. The van der Waals surface area contributed by atoms with Gasteiger partial charge in [-0.1, -0.05) is 50.1 Å². The van der Waals surface area contributed by atoms with Gasteiger partial charge in [-0.2, -0.15) is 0 Å². The summed E-state index contributed by atoms with van der Waals surface area (Å²) >= 11 is 10.2. The average Bonchev–Trinajstić information content (AvgIpc) is 2.60. The van der Waals surface area contributed by atoms with Gasteiger partial charge in [-0.15, -0.1) is 0 Å². The molecule has 0 saturated heterocycles. The Labute approximate surface area is 190 Å². The van der Waals surface area contributed by atoms with Crippen molar-refractivity contribution in [2.45, 2.75) is 51.4 Å². The maximum Gasteiger partial charge on any atom is 0.100 e. The van der Waals surface area contributed by atoms with Gasteiger partial charge in [0.15, 0.2) is 0 Å². The minimum absolute atomic E-state index is 0. The highest BCUT2D eigenvalue weighted by Gasteiger charge is 2.06. The summed E-state index contributed by atoms with van der Waals surface area (Å²) in [4.78, 5) is 4.73. The fraction of sp³-hybridized carbons (Fsp3) is 0.500. The smallest absolute Gasteiger partial charge is 0.100 e. The topological polar surface area (TPSA) is 8.88 Å². The zero-order chi connectivity index (χ0) is 17.0. The maximum atomic E-state index is 5.11. The first-order valence-corrected chi connectivity index (χ1v) is 10.1. The Morgan fingerprint density at radius 2 is 0.769 bits per heavy atom. The largest absolute Gasteiger partial charge is 1.00 e. The molecule has 0 atom stereocenters. The molecular weight excluding hydrogens is 492 g/mol. The maximum absolute atomic E-state index is 5.11. The molecule has 0 saturated carbocycles. The molecule has 0 amide bonds. The van der Waals surface area contributed by atoms with E-state index in [9.17, 15) is 0 Å². The van der Waals surface area contributed by atoms with Crippen LogP contribution in [0.3, 0.4) is 0 Å². The molecule has 0 aromatic carbocycles. The Balaban J connectivity index is 0.00000312. The number of thiocarbonyl (C=S) groups is 2. The van der Waals surface area contributed by atoms with Gasteiger partial charge < -0.3 is 34.0 Å². The SMILES string of the molecule is S=C1C=C[NH+](CCCCCCCCCC[NH+]2C=CC(=S)C=C2)C=C1.[Br-].[Br-]. The van der Waals surface area contributed by atoms with Crippen molar-refractivity contribution >= 4 is 34.2 Å². The molecule has 0 aromatic rings. The highest BCUT2D eigenvalue weighted by atomic mass is 79.9. The number of halogens is 2. The van der Waals surface area contributed by atoms with Crippen LogP contribution in [-0.4, -0.2) is 22.8 Å². The highest BCUT2D eigenvalue weighted by molar-refractivity contribution is 7.81. The van der Waals surface area contributed by atoms with E-state index in [-0.39, 0.29) is 34.0 Å². The lowest BCUT2D eigenvalue weighted by atomic mass is 10.1. The molecule has 0 aliphatic carbocycles. The van der Waals surface area contributed by atoms with Gasteiger partial charge >= 0.3 is 0 Å². The van der Waals surface area contributed by atoms with Crippen molar-refractivity contribution < 1.29 is 43.8 Å². The first kappa shape index (κ1) is 26.0. The molecule has 6 heteroatoms. The third-order valence-corrected chi connectivity index (χ3v) is 5.07. The monoisotopic (exact) mass is 520 g/mol. The Morgan fingerprint density at radius 1 is 0.500 bits per heavy atom. The Bertz CT molecular complexity index is 462. The van der Waals surface area contributed by atoms with E-state index in [1.54, 1.807) is 0 Å². The van der Waals surface area contributed by atoms with Crippen LogP contribution in [0.1, 0.15) is 51.4 Å². The number of allylic oxidation sites excluding steroid dienone is 4. The van der Waals surface area contributed by atoms with Gasteiger partial charge in [0.05, 0.1) is 13.1 Å². The van der Waals surface area contributed by atoms with Crippen LogP contribution in [0.25, 0.3) is 0 Å². The highest BCUT2D eigenvalue weighted by Crippen LogP contribution is 2.07. The summed E-state index contributed by atoms with van der Waals surface area (Å²) in [5.41, 5.74) is 0. The quantitative estimate of drug-likeness (QED) is 0.218. The van der Waals surface area contributed by atoms with Crippen LogP contribution in [0.2, 0.25) is 0 Å². The number of nitrogens with one attached hydrogen (secondary N) is 2. The van der Waals surface area contributed by atoms with Crippen LogP contribution < -0.4 is 43.8 Å². The Morgan fingerprint density at radius 3 is 1.08 bits per heavy atom. The van der Waals surface area contributed by atoms with Crippen molar-refractivity contribution in [1.82, 2.24) is 0 Å². The van der Waals surface area contributed by atoms with E-state index in [0.29, 0.717) is 0 Å². The molecule has 0 fully saturated rings. The summed E-state index contributed by atoms with van der Waals surface area (Å²) in [6, 6.07) is 0. The van der Waals surface area contributed by atoms with E-state index in [1.807, 2.05) is 24.3 Å². The fourth-order valence-electron chi connectivity index (χ4n) is 3.03. The zero-order valence-electron chi connectivity index (χ0n) is 15.3. The van der Waals surface area contributed by atoms with Crippen molar-refractivity contribution in [3.8, 4) is 0 Å². The summed E-state index contributed by atoms with van der Waals surface area (Å²) in [6.45, 7) is 2.39. The van der Waals surface area contributed by atoms with Crippen LogP contribution in [0.4, 0.5) is 0 Å². The number of hydrogen-bond acceptors (Lipinski definition) is 2. The molecular formula is C20H30Br2N2S2. The molecule has 0 unspecified atom stereocenters. The molecule has 0 aromatic heterocycles. The lowest BCUT2D eigenvalue weighted by molar-refractivity contribution is -0.790. The molecule has 0 spiro atoms. The van der Waals surface area contributed by atoms with Crippen molar-refractivity contribution in [3.63, 3.8) is 0 Å². The van der Waals surface area contributed by atoms with E-state index in [4.69, 9.17) is 24.4 Å². The Kier molecular flexibility index (Phi) is 16.0. The summed E-state index contributed by atoms with van der Waals surface area (Å²) in [5.74, 6) is 0. The lowest BCUT2D eigenvalue weighted by Crippen LogP contribution is -3.03. The first-order valence-electron chi connectivity index (χ1n) is 9.26. The number of unbranched alkanes of at least 4 members (excludes halogenated alkanes) is 7. The predicted octanol–water partition coefficient (Wildman–Crippen LogP) is -3.29. The molecule has 2 aliphatic heterocycles. The number of rotatable bonds is 11. The molecule has 26 heavy (non-hydrogen) atoms. The van der Waals surface area contributed by atoms with E-state index in [1.165, 1.54) is 74.3 Å². The minimum atomic E-state index is 0. The number of hydrogen-bond donors (Lipinski definition) is 2. The minimum Gasteiger partial charge on any atom is -1.00 e. The molecule has 2 heterocycles. The summed E-state index contributed by atoms with van der Waals surface area (Å²) in [5, 5.41) is 0. The predicted molar refractivity (Wildman–Crippen MR) is 110 cm³/mol. The van der Waals surface area contributed by atoms with Crippen molar-refractivity contribution in [1.29, 1.82) is 0 Å². The summed E-state index contributed by atoms with van der Waals surface area (Å²) in [7, 11) is 0. The van der Waals surface area contributed by atoms with Gasteiger partial charge in [-0.05, 0) is 25.7 Å². The van der Waals surface area contributed by atoms with Gasteiger partial charge in [0, 0.05) is 34.0 Å². The lowest BCUT2D eigenvalue weighted by Gasteiger charge is -2.12. The van der Waals surface area contributed by atoms with Gasteiger partial charge in [-0.25, -0.2) is 0 Å². The summed E-state index contributed by atoms with van der Waals surface area (Å²) < 4.78 is 0. The summed E-state index contributed by atoms with van der Waals surface area (Å²) in [6.07, 6.45) is 27.7. The van der Waals surface area contributed by atoms with Gasteiger partial charge in [-0.3, -0.25) is 9.80 Å². The van der Waals surface area contributed by atoms with E-state index in [2.05, 4.69) is 24.8 Å². The van der Waals surface area contributed by atoms with Crippen LogP contribution >= 0.6 is 24.4 Å². The van der Waals surface area contributed by atoms with Gasteiger partial charge in [0.1, 0.15) is 24.8 Å². The van der Waals surface area contributed by atoms with E-state index in [0.717, 1.165) is 9.73 Å². The molecule has 2 nitrogen and oxygen atoms in total. The molecule has 2 aliphatic rings. The van der Waals surface area contributed by atoms with Crippen molar-refractivity contribution in [2.75, 3.05) is 13.1 Å². The van der Waals surface area contributed by atoms with Crippen LogP contribution in [0.5, 0.6) is 0 Å². The van der Waals surface area contributed by atoms with Gasteiger partial charge in [0.25, 0.3) is 0 Å². The normalized spacial score (nSPS) is 16.6. The number of quaternary nitrogens is 2. The van der Waals surface area contributed by atoms with E-state index >= 15 is 0 Å². The molecule has 0 radical (unpaired) electrons. The van der Waals surface area contributed by atoms with Crippen LogP contribution in [0, 0.1) is 0 Å². The second kappa shape index (κ2) is 16.0. The van der Waals surface area contributed by atoms with E-state index < -0.39 is 0 Å². The molecule has 0 bridgehead atoms. The fourth-order valence-corrected chi connectivity index (χ4v) is 3.30. The second-order valence-corrected chi connectivity index (χ2v) is 7.56. The first-order chi connectivity index (χ1) is 11.7. The molecule has 146 valence electrons.